The van der Waals surface area contributed by atoms with Crippen molar-refractivity contribution in [3.63, 3.8) is 0 Å². The first-order chi connectivity index (χ1) is 10.4. The summed E-state index contributed by atoms with van der Waals surface area (Å²) in [6.45, 7) is 1.68. The molecule has 1 aromatic heterocycles. The highest BCUT2D eigenvalue weighted by Crippen LogP contribution is 2.34. The lowest BCUT2D eigenvalue weighted by molar-refractivity contribution is -0.700. The monoisotopic (exact) mass is 330 g/mol. The van der Waals surface area contributed by atoms with Crippen molar-refractivity contribution in [2.75, 3.05) is 6.61 Å². The average molecular weight is 330 g/mol. The molecule has 7 heteroatoms. The Kier molecular flexibility index (Phi) is 4.97. The Balaban J connectivity index is 2.52. The van der Waals surface area contributed by atoms with Gasteiger partial charge in [-0.1, -0.05) is 29.5 Å². The van der Waals surface area contributed by atoms with E-state index in [2.05, 4.69) is 0 Å². The predicted octanol–water partition coefficient (Wildman–Crippen LogP) is 2.69. The van der Waals surface area contributed by atoms with Gasteiger partial charge in [-0.3, -0.25) is 4.79 Å². The van der Waals surface area contributed by atoms with Gasteiger partial charge in [0.1, 0.15) is 0 Å². The minimum Gasteiger partial charge on any atom is -0.396 e. The number of nitrogens with zero attached hydrogens (tertiary/aromatic N) is 1. The van der Waals surface area contributed by atoms with Gasteiger partial charge in [0, 0.05) is 25.5 Å². The lowest BCUT2D eigenvalue weighted by Gasteiger charge is -2.14. The summed E-state index contributed by atoms with van der Waals surface area (Å²) >= 11 is 1.32. The zero-order valence-corrected chi connectivity index (χ0v) is 12.6. The zero-order chi connectivity index (χ0) is 16.3. The Bertz CT molecular complexity index is 667. The average Bonchev–Trinajstić information content (AvgIpc) is 2.82. The van der Waals surface area contributed by atoms with E-state index in [-0.39, 0.29) is 12.2 Å². The predicted molar refractivity (Wildman–Crippen MR) is 75.7 cm³/mol. The van der Waals surface area contributed by atoms with E-state index in [4.69, 9.17) is 5.11 Å². The SMILES string of the molecule is Cc1c(CCO)sc[n+]1C(C=O)c1ccccc1C(F)(F)F. The summed E-state index contributed by atoms with van der Waals surface area (Å²) in [4.78, 5) is 12.3. The van der Waals surface area contributed by atoms with E-state index in [1.807, 2.05) is 0 Å². The van der Waals surface area contributed by atoms with Gasteiger partial charge in [-0.2, -0.15) is 17.7 Å². The molecule has 1 aromatic carbocycles. The molecule has 2 rings (SSSR count). The van der Waals surface area contributed by atoms with Gasteiger partial charge in [-0.15, -0.1) is 0 Å². The second kappa shape index (κ2) is 6.58. The molecule has 1 heterocycles. The summed E-state index contributed by atoms with van der Waals surface area (Å²) in [5.41, 5.74) is 1.42. The maximum absolute atomic E-state index is 13.1. The number of aliphatic hydroxyl groups excluding tert-OH is 1. The number of thiazole rings is 1. The number of carbonyl (C=O) groups excluding carboxylic acids is 1. The quantitative estimate of drug-likeness (QED) is 0.676. The molecule has 0 saturated carbocycles. The first-order valence-electron chi connectivity index (χ1n) is 6.60. The third-order valence-electron chi connectivity index (χ3n) is 3.45. The van der Waals surface area contributed by atoms with Crippen LogP contribution in [0.1, 0.15) is 27.7 Å². The molecule has 0 radical (unpaired) electrons. The van der Waals surface area contributed by atoms with Crippen molar-refractivity contribution in [3.8, 4) is 0 Å². The molecule has 0 aliphatic rings. The molecule has 1 unspecified atom stereocenters. The standard InChI is InChI=1S/C15H15F3NO2S/c1-10-14(6-7-20)22-9-19(10)13(8-21)11-4-2-3-5-12(11)15(16,17)18/h2-5,8-9,13,20H,6-7H2,1H3/q+1. The highest BCUT2D eigenvalue weighted by molar-refractivity contribution is 7.09. The van der Waals surface area contributed by atoms with Crippen molar-refractivity contribution in [3.05, 3.63) is 51.5 Å². The molecule has 0 bridgehead atoms. The highest BCUT2D eigenvalue weighted by Gasteiger charge is 2.38. The Morgan fingerprint density at radius 1 is 1.36 bits per heavy atom. The van der Waals surface area contributed by atoms with Gasteiger partial charge in [0.2, 0.25) is 11.6 Å². The van der Waals surface area contributed by atoms with Crippen LogP contribution < -0.4 is 4.57 Å². The van der Waals surface area contributed by atoms with Crippen LogP contribution in [0.25, 0.3) is 0 Å². The van der Waals surface area contributed by atoms with Gasteiger partial charge in [-0.05, 0) is 6.07 Å². The fourth-order valence-corrected chi connectivity index (χ4v) is 3.36. The number of carbonyl (C=O) groups is 1. The second-order valence-electron chi connectivity index (χ2n) is 4.78. The Morgan fingerprint density at radius 2 is 2.05 bits per heavy atom. The first kappa shape index (κ1) is 16.6. The molecule has 0 aliphatic heterocycles. The molecule has 22 heavy (non-hydrogen) atoms. The lowest BCUT2D eigenvalue weighted by atomic mass is 10.00. The first-order valence-corrected chi connectivity index (χ1v) is 7.48. The second-order valence-corrected chi connectivity index (χ2v) is 5.72. The number of alkyl halides is 3. The molecule has 0 amide bonds. The summed E-state index contributed by atoms with van der Waals surface area (Å²) < 4.78 is 40.9. The molecule has 1 atom stereocenters. The van der Waals surface area contributed by atoms with Gasteiger partial charge >= 0.3 is 6.18 Å². The van der Waals surface area contributed by atoms with Crippen molar-refractivity contribution in [2.24, 2.45) is 0 Å². The van der Waals surface area contributed by atoms with Gasteiger partial charge in [0.15, 0.2) is 12.0 Å². The van der Waals surface area contributed by atoms with Crippen LogP contribution in [-0.2, 0) is 17.4 Å². The molecule has 0 spiro atoms. The summed E-state index contributed by atoms with van der Waals surface area (Å²) in [7, 11) is 0. The number of halogens is 3. The number of benzene rings is 1. The number of rotatable bonds is 5. The van der Waals surface area contributed by atoms with Crippen molar-refractivity contribution in [1.82, 2.24) is 0 Å². The number of aliphatic hydroxyl groups is 1. The normalized spacial score (nSPS) is 13.1. The Morgan fingerprint density at radius 3 is 2.64 bits per heavy atom. The lowest BCUT2D eigenvalue weighted by Crippen LogP contribution is -2.42. The fraction of sp³-hybridized carbons (Fsp3) is 0.333. The summed E-state index contributed by atoms with van der Waals surface area (Å²) in [6, 6.07) is 4.04. The minimum atomic E-state index is -4.52. The van der Waals surface area contributed by atoms with Crippen molar-refractivity contribution < 1.29 is 27.6 Å². The third-order valence-corrected chi connectivity index (χ3v) is 4.57. The summed E-state index contributed by atoms with van der Waals surface area (Å²) in [5.74, 6) is 0. The van der Waals surface area contributed by atoms with Crippen LogP contribution in [0.15, 0.2) is 29.8 Å². The number of aromatic nitrogens is 1. The van der Waals surface area contributed by atoms with Crippen LogP contribution in [0.3, 0.4) is 0 Å². The number of hydrogen-bond donors (Lipinski definition) is 1. The molecule has 1 N–H and O–H groups in total. The van der Waals surface area contributed by atoms with E-state index in [0.29, 0.717) is 18.4 Å². The van der Waals surface area contributed by atoms with Crippen LogP contribution >= 0.6 is 11.3 Å². The van der Waals surface area contributed by atoms with E-state index in [1.165, 1.54) is 34.1 Å². The molecule has 0 fully saturated rings. The minimum absolute atomic E-state index is 0.0494. The van der Waals surface area contributed by atoms with Gasteiger partial charge in [0.25, 0.3) is 0 Å². The molecule has 3 nitrogen and oxygen atoms in total. The van der Waals surface area contributed by atoms with Crippen molar-refractivity contribution in [1.29, 1.82) is 0 Å². The molecule has 0 aliphatic carbocycles. The van der Waals surface area contributed by atoms with Gasteiger partial charge < -0.3 is 5.11 Å². The molecular formula is C15H15F3NO2S+. The summed E-state index contributed by atoms with van der Waals surface area (Å²) in [5, 5.41) is 9.00. The molecule has 118 valence electrons. The van der Waals surface area contributed by atoms with E-state index in [9.17, 15) is 18.0 Å². The van der Waals surface area contributed by atoms with E-state index in [1.54, 1.807) is 12.4 Å². The Hall–Kier alpha value is -1.73. The van der Waals surface area contributed by atoms with Gasteiger partial charge in [0.05, 0.1) is 10.4 Å². The largest absolute Gasteiger partial charge is 0.416 e. The van der Waals surface area contributed by atoms with E-state index < -0.39 is 17.8 Å². The smallest absolute Gasteiger partial charge is 0.396 e. The van der Waals surface area contributed by atoms with E-state index in [0.717, 1.165) is 10.9 Å². The molecule has 2 aromatic rings. The van der Waals surface area contributed by atoms with E-state index >= 15 is 0 Å². The molecule has 0 saturated heterocycles. The van der Waals surface area contributed by atoms with Crippen molar-refractivity contribution >= 4 is 17.6 Å². The maximum Gasteiger partial charge on any atom is 0.416 e. The topological polar surface area (TPSA) is 41.2 Å². The fourth-order valence-electron chi connectivity index (χ4n) is 2.35. The maximum atomic E-state index is 13.1. The zero-order valence-electron chi connectivity index (χ0n) is 11.8. The summed E-state index contributed by atoms with van der Waals surface area (Å²) in [6.07, 6.45) is -3.60. The molecular weight excluding hydrogens is 315 g/mol. The number of aldehydes is 1. The van der Waals surface area contributed by atoms with Crippen molar-refractivity contribution in [2.45, 2.75) is 25.6 Å². The van der Waals surface area contributed by atoms with Crippen LogP contribution in [0, 0.1) is 6.92 Å². The number of hydrogen-bond acceptors (Lipinski definition) is 3. The van der Waals surface area contributed by atoms with Gasteiger partial charge in [-0.25, -0.2) is 0 Å². The Labute approximate surface area is 129 Å². The van der Waals surface area contributed by atoms with Crippen LogP contribution in [0.4, 0.5) is 13.2 Å². The highest BCUT2D eigenvalue weighted by atomic mass is 32.1. The van der Waals surface area contributed by atoms with Crippen LogP contribution in [-0.4, -0.2) is 18.0 Å². The van der Waals surface area contributed by atoms with Crippen LogP contribution in [0.5, 0.6) is 0 Å². The third kappa shape index (κ3) is 3.20. The van der Waals surface area contributed by atoms with Crippen LogP contribution in [0.2, 0.25) is 0 Å².